The Morgan fingerprint density at radius 2 is 1.80 bits per heavy atom. The van der Waals surface area contributed by atoms with Crippen LogP contribution in [0.1, 0.15) is 29.8 Å². The summed E-state index contributed by atoms with van der Waals surface area (Å²) in [6, 6.07) is 9.87. The quantitative estimate of drug-likeness (QED) is 0.725. The Labute approximate surface area is 152 Å². The molecule has 0 aliphatic rings. The molecule has 134 valence electrons. The molecule has 0 saturated carbocycles. The summed E-state index contributed by atoms with van der Waals surface area (Å²) in [5.41, 5.74) is 1.20. The van der Waals surface area contributed by atoms with Crippen LogP contribution < -0.4 is 5.32 Å². The van der Waals surface area contributed by atoms with Gasteiger partial charge in [-0.2, -0.15) is 4.31 Å². The largest absolute Gasteiger partial charge is 0.352 e. The highest BCUT2D eigenvalue weighted by Gasteiger charge is 2.21. The number of amides is 1. The van der Waals surface area contributed by atoms with E-state index in [1.807, 2.05) is 0 Å². The van der Waals surface area contributed by atoms with Crippen LogP contribution in [0.15, 0.2) is 47.5 Å². The highest BCUT2D eigenvalue weighted by Crippen LogP contribution is 2.16. The van der Waals surface area contributed by atoms with Crippen molar-refractivity contribution < 1.29 is 13.2 Å². The third-order valence-electron chi connectivity index (χ3n) is 3.78. The van der Waals surface area contributed by atoms with Crippen LogP contribution in [0, 0.1) is 4.64 Å². The summed E-state index contributed by atoms with van der Waals surface area (Å²) >= 11 is 5.08. The highest BCUT2D eigenvalue weighted by molar-refractivity contribution is 7.89. The molecule has 1 heterocycles. The molecule has 0 aliphatic heterocycles. The minimum atomic E-state index is -3.47. The lowest BCUT2D eigenvalue weighted by Crippen LogP contribution is -2.30. The summed E-state index contributed by atoms with van der Waals surface area (Å²) in [7, 11) is -3.47. The molecule has 0 radical (unpaired) electrons. The van der Waals surface area contributed by atoms with Gasteiger partial charge in [-0.05, 0) is 29.8 Å². The number of pyridine rings is 1. The SMILES string of the molecule is CCN(CC)S(=O)(=O)c1ccc(CNC(=O)c2ccc[nH]c2=S)cc1. The second-order valence-corrected chi connectivity index (χ2v) is 7.68. The Kier molecular flexibility index (Phi) is 6.46. The van der Waals surface area contributed by atoms with Crippen LogP contribution in [0.4, 0.5) is 0 Å². The van der Waals surface area contributed by atoms with Gasteiger partial charge in [0, 0.05) is 25.8 Å². The van der Waals surface area contributed by atoms with Gasteiger partial charge in [0.1, 0.15) is 4.64 Å². The van der Waals surface area contributed by atoms with E-state index in [1.165, 1.54) is 4.31 Å². The minimum Gasteiger partial charge on any atom is -0.352 e. The summed E-state index contributed by atoms with van der Waals surface area (Å²) < 4.78 is 26.7. The van der Waals surface area contributed by atoms with E-state index in [0.29, 0.717) is 23.3 Å². The van der Waals surface area contributed by atoms with Gasteiger partial charge < -0.3 is 10.3 Å². The summed E-state index contributed by atoms with van der Waals surface area (Å²) in [6.07, 6.45) is 1.66. The van der Waals surface area contributed by atoms with Gasteiger partial charge in [-0.15, -0.1) is 0 Å². The lowest BCUT2D eigenvalue weighted by Gasteiger charge is -2.18. The van der Waals surface area contributed by atoms with E-state index in [-0.39, 0.29) is 17.3 Å². The van der Waals surface area contributed by atoms with Crippen molar-refractivity contribution in [3.05, 3.63) is 58.4 Å². The molecule has 0 bridgehead atoms. The van der Waals surface area contributed by atoms with Crippen LogP contribution in [-0.2, 0) is 16.6 Å². The third-order valence-corrected chi connectivity index (χ3v) is 6.18. The summed E-state index contributed by atoms with van der Waals surface area (Å²) in [4.78, 5) is 15.2. The van der Waals surface area contributed by atoms with Gasteiger partial charge in [0.05, 0.1) is 10.5 Å². The molecule has 0 unspecified atom stereocenters. The maximum absolute atomic E-state index is 12.4. The first-order valence-electron chi connectivity index (χ1n) is 7.95. The second kappa shape index (κ2) is 8.37. The topological polar surface area (TPSA) is 82.3 Å². The second-order valence-electron chi connectivity index (χ2n) is 5.33. The predicted octanol–water partition coefficient (Wildman–Crippen LogP) is 2.70. The van der Waals surface area contributed by atoms with Crippen molar-refractivity contribution in [1.29, 1.82) is 0 Å². The Balaban J connectivity index is 2.07. The first kappa shape index (κ1) is 19.3. The van der Waals surface area contributed by atoms with Crippen LogP contribution in [0.2, 0.25) is 0 Å². The van der Waals surface area contributed by atoms with Crippen LogP contribution >= 0.6 is 12.2 Å². The van der Waals surface area contributed by atoms with E-state index in [4.69, 9.17) is 12.2 Å². The molecule has 0 spiro atoms. The van der Waals surface area contributed by atoms with Crippen LogP contribution in [0.3, 0.4) is 0 Å². The minimum absolute atomic E-state index is 0.247. The van der Waals surface area contributed by atoms with Gasteiger partial charge in [0.2, 0.25) is 10.0 Å². The number of carbonyl (C=O) groups excluding carboxylic acids is 1. The first-order chi connectivity index (χ1) is 11.9. The van der Waals surface area contributed by atoms with Gasteiger partial charge in [0.15, 0.2) is 0 Å². The van der Waals surface area contributed by atoms with E-state index >= 15 is 0 Å². The first-order valence-corrected chi connectivity index (χ1v) is 9.80. The number of nitrogens with one attached hydrogen (secondary N) is 2. The molecule has 0 atom stereocenters. The number of rotatable bonds is 7. The molecule has 1 aromatic heterocycles. The van der Waals surface area contributed by atoms with E-state index in [2.05, 4.69) is 10.3 Å². The smallest absolute Gasteiger partial charge is 0.254 e. The zero-order valence-electron chi connectivity index (χ0n) is 14.2. The molecule has 8 heteroatoms. The molecule has 25 heavy (non-hydrogen) atoms. The molecule has 2 aromatic rings. The molecule has 1 aromatic carbocycles. The summed E-state index contributed by atoms with van der Waals surface area (Å²) in [5, 5.41) is 2.77. The molecule has 0 aliphatic carbocycles. The Morgan fingerprint density at radius 1 is 1.16 bits per heavy atom. The van der Waals surface area contributed by atoms with Crippen LogP contribution in [0.5, 0.6) is 0 Å². The molecular formula is C17H21N3O3S2. The van der Waals surface area contributed by atoms with Crippen molar-refractivity contribution in [3.8, 4) is 0 Å². The molecule has 1 amide bonds. The van der Waals surface area contributed by atoms with E-state index in [0.717, 1.165) is 5.56 Å². The van der Waals surface area contributed by atoms with Crippen molar-refractivity contribution >= 4 is 28.1 Å². The average molecular weight is 380 g/mol. The average Bonchev–Trinajstić information content (AvgIpc) is 2.61. The van der Waals surface area contributed by atoms with Gasteiger partial charge in [0.25, 0.3) is 5.91 Å². The number of hydrogen-bond donors (Lipinski definition) is 2. The zero-order valence-corrected chi connectivity index (χ0v) is 15.8. The van der Waals surface area contributed by atoms with E-state index < -0.39 is 10.0 Å². The third kappa shape index (κ3) is 4.53. The molecule has 2 rings (SSSR count). The number of sulfonamides is 1. The standard InChI is InChI=1S/C17H21N3O3S2/c1-3-20(4-2)25(22,23)14-9-7-13(8-10-14)12-19-16(21)15-6-5-11-18-17(15)24/h5-11H,3-4,12H2,1-2H3,(H,18,24)(H,19,21). The number of carbonyl (C=O) groups is 1. The number of nitrogens with zero attached hydrogens (tertiary/aromatic N) is 1. The van der Waals surface area contributed by atoms with Crippen molar-refractivity contribution in [1.82, 2.24) is 14.6 Å². The number of benzene rings is 1. The molecule has 2 N–H and O–H groups in total. The lowest BCUT2D eigenvalue weighted by molar-refractivity contribution is 0.0950. The summed E-state index contributed by atoms with van der Waals surface area (Å²) in [5.74, 6) is -0.276. The fourth-order valence-electron chi connectivity index (χ4n) is 2.37. The lowest BCUT2D eigenvalue weighted by atomic mass is 10.2. The molecular weight excluding hydrogens is 358 g/mol. The van der Waals surface area contributed by atoms with Gasteiger partial charge in [-0.25, -0.2) is 8.42 Å². The molecule has 0 saturated heterocycles. The Hall–Kier alpha value is -2.03. The number of aromatic amines is 1. The molecule has 6 nitrogen and oxygen atoms in total. The van der Waals surface area contributed by atoms with Crippen LogP contribution in [-0.4, -0.2) is 36.7 Å². The van der Waals surface area contributed by atoms with Crippen LogP contribution in [0.25, 0.3) is 0 Å². The Bertz CT molecular complexity index is 886. The molecule has 0 fully saturated rings. The highest BCUT2D eigenvalue weighted by atomic mass is 32.2. The maximum Gasteiger partial charge on any atom is 0.254 e. The monoisotopic (exact) mass is 379 g/mol. The van der Waals surface area contributed by atoms with E-state index in [1.54, 1.807) is 56.4 Å². The van der Waals surface area contributed by atoms with Gasteiger partial charge in [-0.3, -0.25) is 4.79 Å². The number of aromatic nitrogens is 1. The zero-order chi connectivity index (χ0) is 18.4. The Morgan fingerprint density at radius 3 is 2.36 bits per heavy atom. The summed E-state index contributed by atoms with van der Waals surface area (Å²) in [6.45, 7) is 4.75. The predicted molar refractivity (Wildman–Crippen MR) is 99.3 cm³/mol. The number of H-pyrrole nitrogens is 1. The van der Waals surface area contributed by atoms with Crippen molar-refractivity contribution in [2.75, 3.05) is 13.1 Å². The normalized spacial score (nSPS) is 11.5. The number of hydrogen-bond acceptors (Lipinski definition) is 4. The van der Waals surface area contributed by atoms with Crippen molar-refractivity contribution in [2.45, 2.75) is 25.3 Å². The van der Waals surface area contributed by atoms with Crippen molar-refractivity contribution in [2.24, 2.45) is 0 Å². The van der Waals surface area contributed by atoms with Crippen molar-refractivity contribution in [3.63, 3.8) is 0 Å². The van der Waals surface area contributed by atoms with E-state index in [9.17, 15) is 13.2 Å². The van der Waals surface area contributed by atoms with Gasteiger partial charge >= 0.3 is 0 Å². The fraction of sp³-hybridized carbons (Fsp3) is 0.294. The van der Waals surface area contributed by atoms with Gasteiger partial charge in [-0.1, -0.05) is 38.2 Å². The fourth-order valence-corrected chi connectivity index (χ4v) is 4.06. The maximum atomic E-state index is 12.4.